The highest BCUT2D eigenvalue weighted by molar-refractivity contribution is 6.30. The molecule has 1 aromatic carbocycles. The molecule has 0 bridgehead atoms. The highest BCUT2D eigenvalue weighted by Crippen LogP contribution is 2.25. The molecule has 1 atom stereocenters. The summed E-state index contributed by atoms with van der Waals surface area (Å²) in [5.41, 5.74) is 3.90. The molecule has 3 heterocycles. The fraction of sp³-hybridized carbons (Fsp3) is 0.476. The molecule has 4 rings (SSSR count). The van der Waals surface area contributed by atoms with Crippen LogP contribution in [0.1, 0.15) is 28.2 Å². The molecular formula is C21H27ClN4O. The quantitative estimate of drug-likeness (QED) is 0.881. The normalized spacial score (nSPS) is 21.0. The Morgan fingerprint density at radius 1 is 1.11 bits per heavy atom. The summed E-state index contributed by atoms with van der Waals surface area (Å²) in [6.07, 6.45) is 1.07. The number of benzene rings is 1. The lowest BCUT2D eigenvalue weighted by Gasteiger charge is -2.32. The zero-order chi connectivity index (χ0) is 19.0. The van der Waals surface area contributed by atoms with Crippen LogP contribution in [-0.2, 0) is 0 Å². The maximum absolute atomic E-state index is 13.2. The smallest absolute Gasteiger partial charge is 0.255 e. The van der Waals surface area contributed by atoms with Crippen molar-refractivity contribution in [2.45, 2.75) is 26.3 Å². The molecule has 2 fully saturated rings. The summed E-state index contributed by atoms with van der Waals surface area (Å²) < 4.78 is 2.13. The van der Waals surface area contributed by atoms with Gasteiger partial charge in [-0.1, -0.05) is 11.6 Å². The number of likely N-dealkylation sites (tertiary alicyclic amines) is 1. The summed E-state index contributed by atoms with van der Waals surface area (Å²) in [5.74, 6) is 0.154. The van der Waals surface area contributed by atoms with E-state index in [-0.39, 0.29) is 5.91 Å². The van der Waals surface area contributed by atoms with E-state index in [4.69, 9.17) is 11.6 Å². The number of carbonyl (C=O) groups is 1. The molecule has 0 saturated carbocycles. The zero-order valence-corrected chi connectivity index (χ0v) is 16.8. The lowest BCUT2D eigenvalue weighted by Crippen LogP contribution is -2.49. The molecule has 1 N–H and O–H groups in total. The molecule has 2 aliphatic heterocycles. The number of nitrogens with zero attached hydrogens (tertiary/aromatic N) is 3. The van der Waals surface area contributed by atoms with Crippen molar-refractivity contribution in [2.24, 2.45) is 0 Å². The van der Waals surface area contributed by atoms with Gasteiger partial charge < -0.3 is 14.8 Å². The van der Waals surface area contributed by atoms with Crippen molar-refractivity contribution in [1.82, 2.24) is 19.7 Å². The van der Waals surface area contributed by atoms with Gasteiger partial charge >= 0.3 is 0 Å². The average molecular weight is 387 g/mol. The number of carbonyl (C=O) groups excluding carboxylic acids is 1. The van der Waals surface area contributed by atoms with Gasteiger partial charge in [-0.3, -0.25) is 9.69 Å². The van der Waals surface area contributed by atoms with Crippen LogP contribution in [0.25, 0.3) is 5.69 Å². The molecule has 1 amide bonds. The SMILES string of the molecule is Cc1cc(C(=O)N2CCC(N3CCNCC3)C2)c(C)n1-c1ccc(Cl)cc1. The van der Waals surface area contributed by atoms with Gasteiger partial charge in [0.15, 0.2) is 0 Å². The van der Waals surface area contributed by atoms with Gasteiger partial charge in [0.05, 0.1) is 5.56 Å². The molecule has 5 nitrogen and oxygen atoms in total. The van der Waals surface area contributed by atoms with Crippen LogP contribution in [0.15, 0.2) is 30.3 Å². The van der Waals surface area contributed by atoms with Crippen LogP contribution in [0.3, 0.4) is 0 Å². The van der Waals surface area contributed by atoms with Gasteiger partial charge in [-0.05, 0) is 50.6 Å². The van der Waals surface area contributed by atoms with Gasteiger partial charge in [-0.25, -0.2) is 0 Å². The van der Waals surface area contributed by atoms with Crippen LogP contribution < -0.4 is 5.32 Å². The Labute approximate surface area is 165 Å². The van der Waals surface area contributed by atoms with Crippen LogP contribution in [0.2, 0.25) is 5.02 Å². The predicted molar refractivity (Wildman–Crippen MR) is 109 cm³/mol. The third-order valence-electron chi connectivity index (χ3n) is 5.86. The Balaban J connectivity index is 1.53. The first kappa shape index (κ1) is 18.5. The number of hydrogen-bond acceptors (Lipinski definition) is 3. The van der Waals surface area contributed by atoms with Gasteiger partial charge in [-0.2, -0.15) is 0 Å². The van der Waals surface area contributed by atoms with Gasteiger partial charge in [0, 0.05) is 67.4 Å². The number of piperazine rings is 1. The first-order valence-corrected chi connectivity index (χ1v) is 10.1. The van der Waals surface area contributed by atoms with E-state index in [0.29, 0.717) is 11.1 Å². The maximum atomic E-state index is 13.2. The van der Waals surface area contributed by atoms with E-state index in [1.54, 1.807) is 0 Å². The summed E-state index contributed by atoms with van der Waals surface area (Å²) in [4.78, 5) is 17.8. The number of hydrogen-bond donors (Lipinski definition) is 1. The highest BCUT2D eigenvalue weighted by atomic mass is 35.5. The summed E-state index contributed by atoms with van der Waals surface area (Å²) in [6.45, 7) is 10.0. The van der Waals surface area contributed by atoms with Gasteiger partial charge in [0.1, 0.15) is 0 Å². The van der Waals surface area contributed by atoms with E-state index >= 15 is 0 Å². The zero-order valence-electron chi connectivity index (χ0n) is 16.0. The summed E-state index contributed by atoms with van der Waals surface area (Å²) in [7, 11) is 0. The van der Waals surface area contributed by atoms with Crippen molar-refractivity contribution < 1.29 is 4.79 Å². The topological polar surface area (TPSA) is 40.5 Å². The lowest BCUT2D eigenvalue weighted by atomic mass is 10.2. The first-order chi connectivity index (χ1) is 13.0. The highest BCUT2D eigenvalue weighted by Gasteiger charge is 2.32. The average Bonchev–Trinajstić information content (AvgIpc) is 3.28. The Bertz CT molecular complexity index is 823. The Kier molecular flexibility index (Phi) is 5.26. The molecule has 2 saturated heterocycles. The van der Waals surface area contributed by atoms with Crippen LogP contribution >= 0.6 is 11.6 Å². The van der Waals surface area contributed by atoms with Crippen molar-refractivity contribution >= 4 is 17.5 Å². The molecular weight excluding hydrogens is 360 g/mol. The monoisotopic (exact) mass is 386 g/mol. The lowest BCUT2D eigenvalue weighted by molar-refractivity contribution is 0.0773. The Morgan fingerprint density at radius 2 is 1.81 bits per heavy atom. The van der Waals surface area contributed by atoms with Crippen LogP contribution in [0.4, 0.5) is 0 Å². The molecule has 27 heavy (non-hydrogen) atoms. The van der Waals surface area contributed by atoms with Crippen molar-refractivity contribution in [1.29, 1.82) is 0 Å². The summed E-state index contributed by atoms with van der Waals surface area (Å²) >= 11 is 6.02. The molecule has 1 unspecified atom stereocenters. The molecule has 1 aromatic heterocycles. The number of aryl methyl sites for hydroxylation is 1. The number of aromatic nitrogens is 1. The number of rotatable bonds is 3. The second-order valence-electron chi connectivity index (χ2n) is 7.58. The second-order valence-corrected chi connectivity index (χ2v) is 8.01. The van der Waals surface area contributed by atoms with E-state index in [1.165, 1.54) is 0 Å². The minimum absolute atomic E-state index is 0.154. The van der Waals surface area contributed by atoms with Gasteiger partial charge in [-0.15, -0.1) is 0 Å². The molecule has 0 spiro atoms. The largest absolute Gasteiger partial charge is 0.337 e. The predicted octanol–water partition coefficient (Wildman–Crippen LogP) is 2.87. The standard InChI is InChI=1S/C21H27ClN4O/c1-15-13-20(16(2)26(15)18-5-3-17(22)4-6-18)21(27)25-10-7-19(14-25)24-11-8-23-9-12-24/h3-6,13,19,23H,7-12,14H2,1-2H3. The second kappa shape index (κ2) is 7.66. The van der Waals surface area contributed by atoms with E-state index < -0.39 is 0 Å². The summed E-state index contributed by atoms with van der Waals surface area (Å²) in [6, 6.07) is 10.3. The molecule has 2 aromatic rings. The van der Waals surface area contributed by atoms with Crippen LogP contribution in [-0.4, -0.2) is 65.6 Å². The molecule has 6 heteroatoms. The summed E-state index contributed by atoms with van der Waals surface area (Å²) in [5, 5.41) is 4.12. The molecule has 2 aliphatic rings. The Morgan fingerprint density at radius 3 is 2.52 bits per heavy atom. The molecule has 0 aliphatic carbocycles. The minimum Gasteiger partial charge on any atom is -0.337 e. The van der Waals surface area contributed by atoms with Crippen molar-refractivity contribution in [2.75, 3.05) is 39.3 Å². The van der Waals surface area contributed by atoms with Crippen molar-refractivity contribution in [3.05, 3.63) is 52.3 Å². The minimum atomic E-state index is 0.154. The fourth-order valence-electron chi connectivity index (χ4n) is 4.41. The van der Waals surface area contributed by atoms with Gasteiger partial charge in [0.25, 0.3) is 5.91 Å². The van der Waals surface area contributed by atoms with Crippen molar-refractivity contribution in [3.63, 3.8) is 0 Å². The molecule has 144 valence electrons. The van der Waals surface area contributed by atoms with E-state index in [2.05, 4.69) is 14.8 Å². The van der Waals surface area contributed by atoms with Crippen molar-refractivity contribution in [3.8, 4) is 5.69 Å². The third kappa shape index (κ3) is 3.64. The van der Waals surface area contributed by atoms with Crippen LogP contribution in [0, 0.1) is 13.8 Å². The number of nitrogens with one attached hydrogen (secondary N) is 1. The fourth-order valence-corrected chi connectivity index (χ4v) is 4.53. The third-order valence-corrected chi connectivity index (χ3v) is 6.12. The molecule has 0 radical (unpaired) electrons. The Hall–Kier alpha value is -1.82. The number of amides is 1. The first-order valence-electron chi connectivity index (χ1n) is 9.73. The van der Waals surface area contributed by atoms with E-state index in [9.17, 15) is 4.79 Å². The van der Waals surface area contributed by atoms with E-state index in [1.807, 2.05) is 49.1 Å². The maximum Gasteiger partial charge on any atom is 0.255 e. The number of halogens is 1. The van der Waals surface area contributed by atoms with Crippen LogP contribution in [0.5, 0.6) is 0 Å². The van der Waals surface area contributed by atoms with Gasteiger partial charge in [0.2, 0.25) is 0 Å². The van der Waals surface area contributed by atoms with E-state index in [0.717, 1.165) is 68.3 Å².